The molecule has 11 heteroatoms. The van der Waals surface area contributed by atoms with Gasteiger partial charge in [0.1, 0.15) is 23.8 Å². The standard InChI is InChI=1S/C30H33N5O6/c1-3-16-33(18-34-21-13-9-8-12-20(21)31-32-34)28(38)26-30-15-14-23(41-30)24(29(39)40-4-2)25(30)27(37)35(26)22(17-36)19-10-6-5-7-11-19/h3,5-13,22-26,36H,1,4,14-18H2,2H3/t22-,23-,24+,25+,26?,30?/m1/s1. The van der Waals surface area contributed by atoms with E-state index in [4.69, 9.17) is 9.47 Å². The van der Waals surface area contributed by atoms with Crippen molar-refractivity contribution >= 4 is 28.8 Å². The third-order valence-corrected chi connectivity index (χ3v) is 8.61. The van der Waals surface area contributed by atoms with Crippen molar-refractivity contribution in [3.05, 3.63) is 72.8 Å². The molecule has 3 aromatic rings. The molecule has 11 nitrogen and oxygen atoms in total. The second-order valence-electron chi connectivity index (χ2n) is 10.7. The van der Waals surface area contributed by atoms with E-state index in [2.05, 4.69) is 16.9 Å². The largest absolute Gasteiger partial charge is 0.466 e. The lowest BCUT2D eigenvalue weighted by atomic mass is 9.70. The van der Waals surface area contributed by atoms with Gasteiger partial charge in [0, 0.05) is 6.54 Å². The summed E-state index contributed by atoms with van der Waals surface area (Å²) >= 11 is 0. The summed E-state index contributed by atoms with van der Waals surface area (Å²) in [6.45, 7) is 5.56. The van der Waals surface area contributed by atoms with Crippen molar-refractivity contribution in [2.45, 2.75) is 50.2 Å². The molecule has 41 heavy (non-hydrogen) atoms. The molecule has 1 N–H and O–H groups in total. The Morgan fingerprint density at radius 3 is 2.73 bits per heavy atom. The van der Waals surface area contributed by atoms with E-state index >= 15 is 0 Å². The number of ether oxygens (including phenoxy) is 2. The number of nitrogens with zero attached hydrogens (tertiary/aromatic N) is 5. The average molecular weight is 560 g/mol. The second kappa shape index (κ2) is 10.7. The number of aromatic nitrogens is 3. The van der Waals surface area contributed by atoms with Gasteiger partial charge in [-0.05, 0) is 37.5 Å². The summed E-state index contributed by atoms with van der Waals surface area (Å²) in [5.74, 6) is -2.98. The second-order valence-corrected chi connectivity index (χ2v) is 10.7. The predicted molar refractivity (Wildman–Crippen MR) is 147 cm³/mol. The molecule has 3 saturated heterocycles. The van der Waals surface area contributed by atoms with E-state index in [9.17, 15) is 19.5 Å². The number of aliphatic hydroxyl groups excluding tert-OH is 1. The molecule has 1 spiro atoms. The van der Waals surface area contributed by atoms with Gasteiger partial charge in [-0.2, -0.15) is 0 Å². The van der Waals surface area contributed by atoms with Crippen molar-refractivity contribution in [1.29, 1.82) is 0 Å². The quantitative estimate of drug-likeness (QED) is 0.296. The molecule has 2 aromatic carbocycles. The number of esters is 1. The van der Waals surface area contributed by atoms with Crippen LogP contribution in [0.4, 0.5) is 0 Å². The number of likely N-dealkylation sites (tertiary alicyclic amines) is 1. The number of hydrogen-bond donors (Lipinski definition) is 1. The van der Waals surface area contributed by atoms with Crippen molar-refractivity contribution in [3.63, 3.8) is 0 Å². The molecule has 0 saturated carbocycles. The molecule has 6 rings (SSSR count). The fourth-order valence-corrected chi connectivity index (χ4v) is 6.97. The predicted octanol–water partition coefficient (Wildman–Crippen LogP) is 2.07. The van der Waals surface area contributed by atoms with Gasteiger partial charge in [0.15, 0.2) is 0 Å². The lowest BCUT2D eigenvalue weighted by Crippen LogP contribution is -2.57. The van der Waals surface area contributed by atoms with Crippen LogP contribution in [0.1, 0.15) is 31.4 Å². The molecule has 3 aliphatic heterocycles. The number of carbonyl (C=O) groups is 3. The molecule has 214 valence electrons. The maximum absolute atomic E-state index is 14.7. The van der Waals surface area contributed by atoms with Crippen LogP contribution in [0.3, 0.4) is 0 Å². The van der Waals surface area contributed by atoms with Crippen LogP contribution in [0.25, 0.3) is 11.0 Å². The zero-order valence-corrected chi connectivity index (χ0v) is 22.8. The topological polar surface area (TPSA) is 127 Å². The monoisotopic (exact) mass is 559 g/mol. The van der Waals surface area contributed by atoms with Gasteiger partial charge in [0.25, 0.3) is 0 Å². The number of para-hydroxylation sites is 1. The first kappa shape index (κ1) is 27.1. The first-order valence-electron chi connectivity index (χ1n) is 14.0. The summed E-state index contributed by atoms with van der Waals surface area (Å²) in [6.07, 6.45) is 2.05. The number of aliphatic hydroxyl groups is 1. The summed E-state index contributed by atoms with van der Waals surface area (Å²) in [4.78, 5) is 45.2. The van der Waals surface area contributed by atoms with Gasteiger partial charge < -0.3 is 24.4 Å². The number of hydrogen-bond acceptors (Lipinski definition) is 8. The van der Waals surface area contributed by atoms with Crippen LogP contribution >= 0.6 is 0 Å². The molecule has 1 aromatic heterocycles. The number of carbonyl (C=O) groups excluding carboxylic acids is 3. The molecule has 0 aliphatic carbocycles. The first-order chi connectivity index (χ1) is 19.9. The minimum absolute atomic E-state index is 0.0600. The van der Waals surface area contributed by atoms with Gasteiger partial charge in [-0.3, -0.25) is 14.4 Å². The summed E-state index contributed by atoms with van der Waals surface area (Å²) in [6, 6.07) is 14.6. The Morgan fingerprint density at radius 2 is 2.00 bits per heavy atom. The van der Waals surface area contributed by atoms with E-state index in [-0.39, 0.29) is 25.7 Å². The van der Waals surface area contributed by atoms with E-state index in [1.165, 1.54) is 4.90 Å². The molecule has 3 fully saturated rings. The number of amides is 2. The Kier molecular flexibility index (Phi) is 7.08. The minimum atomic E-state index is -1.23. The molecular formula is C30H33N5O6. The fraction of sp³-hybridized carbons (Fsp3) is 0.433. The summed E-state index contributed by atoms with van der Waals surface area (Å²) < 4.78 is 13.5. The lowest BCUT2D eigenvalue weighted by molar-refractivity contribution is -0.156. The Hall–Kier alpha value is -4.09. The van der Waals surface area contributed by atoms with Crippen LogP contribution in [0.15, 0.2) is 67.3 Å². The van der Waals surface area contributed by atoms with Crippen LogP contribution in [-0.4, -0.2) is 85.2 Å². The Balaban J connectivity index is 1.44. The molecule has 0 radical (unpaired) electrons. The van der Waals surface area contributed by atoms with Gasteiger partial charge in [0.05, 0.1) is 42.7 Å². The van der Waals surface area contributed by atoms with Gasteiger partial charge in [-0.15, -0.1) is 11.7 Å². The van der Waals surface area contributed by atoms with E-state index in [0.717, 1.165) is 5.52 Å². The smallest absolute Gasteiger partial charge is 0.312 e. The van der Waals surface area contributed by atoms with E-state index in [1.807, 2.05) is 54.6 Å². The maximum atomic E-state index is 14.7. The van der Waals surface area contributed by atoms with Gasteiger partial charge in [-0.1, -0.05) is 53.8 Å². The highest BCUT2D eigenvalue weighted by molar-refractivity contribution is 5.98. The summed E-state index contributed by atoms with van der Waals surface area (Å²) in [5, 5.41) is 19.1. The van der Waals surface area contributed by atoms with Crippen molar-refractivity contribution < 1.29 is 29.0 Å². The Bertz CT molecular complexity index is 1480. The molecule has 3 aliphatic rings. The van der Waals surface area contributed by atoms with Crippen molar-refractivity contribution in [3.8, 4) is 0 Å². The summed E-state index contributed by atoms with van der Waals surface area (Å²) in [5.41, 5.74) is 0.886. The zero-order valence-electron chi connectivity index (χ0n) is 22.8. The SMILES string of the molecule is C=CCN(Cn1nnc2ccccc21)C(=O)C1N([C@H](CO)c2ccccc2)C(=O)[C@@H]2[C@@H](C(=O)OCC)[C@H]3CCC12O3. The molecule has 2 unspecified atom stereocenters. The first-order valence-corrected chi connectivity index (χ1v) is 14.0. The van der Waals surface area contributed by atoms with Crippen LogP contribution in [0.5, 0.6) is 0 Å². The van der Waals surface area contributed by atoms with Crippen LogP contribution in [0.2, 0.25) is 0 Å². The Morgan fingerprint density at radius 1 is 1.24 bits per heavy atom. The number of fused-ring (bicyclic) bond motifs is 2. The van der Waals surface area contributed by atoms with Crippen LogP contribution in [0, 0.1) is 11.8 Å². The number of benzene rings is 2. The maximum Gasteiger partial charge on any atom is 0.312 e. The third-order valence-electron chi connectivity index (χ3n) is 8.61. The lowest BCUT2D eigenvalue weighted by Gasteiger charge is -2.39. The van der Waals surface area contributed by atoms with E-state index in [1.54, 1.807) is 22.6 Å². The molecular weight excluding hydrogens is 526 g/mol. The zero-order chi connectivity index (χ0) is 28.7. The van der Waals surface area contributed by atoms with Gasteiger partial charge in [-0.25, -0.2) is 4.68 Å². The van der Waals surface area contributed by atoms with Gasteiger partial charge in [0.2, 0.25) is 11.8 Å². The van der Waals surface area contributed by atoms with Crippen LogP contribution < -0.4 is 0 Å². The molecule has 2 amide bonds. The molecule has 4 heterocycles. The van der Waals surface area contributed by atoms with E-state index < -0.39 is 54.1 Å². The highest BCUT2D eigenvalue weighted by atomic mass is 16.6. The average Bonchev–Trinajstić information content (AvgIpc) is 3.74. The minimum Gasteiger partial charge on any atom is -0.466 e. The van der Waals surface area contributed by atoms with Crippen molar-refractivity contribution in [2.75, 3.05) is 19.8 Å². The highest BCUT2D eigenvalue weighted by Gasteiger charge is 2.75. The number of rotatable bonds is 10. The highest BCUT2D eigenvalue weighted by Crippen LogP contribution is 2.60. The normalized spacial score (nSPS) is 27.2. The Labute approximate surface area is 237 Å². The molecule has 6 atom stereocenters. The van der Waals surface area contributed by atoms with Crippen molar-refractivity contribution in [1.82, 2.24) is 24.8 Å². The van der Waals surface area contributed by atoms with Gasteiger partial charge >= 0.3 is 5.97 Å². The van der Waals surface area contributed by atoms with Crippen LogP contribution in [-0.2, 0) is 30.5 Å². The third kappa shape index (κ3) is 4.22. The molecule has 2 bridgehead atoms. The fourth-order valence-electron chi connectivity index (χ4n) is 6.97. The van der Waals surface area contributed by atoms with Crippen molar-refractivity contribution in [2.24, 2.45) is 11.8 Å². The van der Waals surface area contributed by atoms with E-state index in [0.29, 0.717) is 23.9 Å². The summed E-state index contributed by atoms with van der Waals surface area (Å²) in [7, 11) is 0.